The summed E-state index contributed by atoms with van der Waals surface area (Å²) in [6.45, 7) is 0.871. The first-order valence-corrected chi connectivity index (χ1v) is 8.03. The van der Waals surface area contributed by atoms with Gasteiger partial charge in [-0.15, -0.1) is 10.2 Å². The van der Waals surface area contributed by atoms with Gasteiger partial charge in [-0.3, -0.25) is 0 Å². The van der Waals surface area contributed by atoms with Crippen LogP contribution in [0.5, 0.6) is 0 Å². The number of nitrogens with one attached hydrogen (secondary N) is 1. The molecule has 3 heterocycles. The highest BCUT2D eigenvalue weighted by molar-refractivity contribution is 7.99. The van der Waals surface area contributed by atoms with E-state index in [1.54, 1.807) is 11.8 Å². The van der Waals surface area contributed by atoms with E-state index in [0.29, 0.717) is 17.2 Å². The maximum atomic E-state index is 5.76. The van der Waals surface area contributed by atoms with Crippen molar-refractivity contribution in [2.24, 2.45) is 0 Å². The van der Waals surface area contributed by atoms with Crippen molar-refractivity contribution in [3.05, 3.63) is 30.5 Å². The number of fused-ring (bicyclic) bond motifs is 1. The molecule has 6 heteroatoms. The molecule has 1 aliphatic heterocycles. The number of aromatic nitrogens is 3. The van der Waals surface area contributed by atoms with Gasteiger partial charge in [0.05, 0.1) is 11.7 Å². The van der Waals surface area contributed by atoms with Crippen molar-refractivity contribution in [2.45, 2.75) is 24.2 Å². The van der Waals surface area contributed by atoms with Crippen molar-refractivity contribution in [1.82, 2.24) is 15.2 Å². The molecule has 0 radical (unpaired) electrons. The Balaban J connectivity index is 1.53. The van der Waals surface area contributed by atoms with Crippen LogP contribution in [0.4, 0.5) is 0 Å². The topological polar surface area (TPSA) is 63.9 Å². The van der Waals surface area contributed by atoms with Crippen LogP contribution in [0.25, 0.3) is 22.4 Å². The number of hydrogen-bond donors (Lipinski definition) is 1. The summed E-state index contributed by atoms with van der Waals surface area (Å²) >= 11 is 1.57. The van der Waals surface area contributed by atoms with Crippen LogP contribution < -0.4 is 0 Å². The van der Waals surface area contributed by atoms with Gasteiger partial charge in [-0.05, 0) is 18.9 Å². The van der Waals surface area contributed by atoms with Crippen LogP contribution in [-0.2, 0) is 4.74 Å². The summed E-state index contributed by atoms with van der Waals surface area (Å²) in [4.78, 5) is 3.22. The summed E-state index contributed by atoms with van der Waals surface area (Å²) in [5.74, 6) is 1.43. The number of ether oxygens (including phenoxy) is 1. The first-order valence-electron chi connectivity index (χ1n) is 7.04. The Bertz CT molecular complexity index is 746. The first kappa shape index (κ1) is 12.9. The second-order valence-corrected chi connectivity index (χ2v) is 6.04. The van der Waals surface area contributed by atoms with Crippen molar-refractivity contribution in [2.75, 3.05) is 12.4 Å². The summed E-state index contributed by atoms with van der Waals surface area (Å²) in [6.07, 6.45) is 4.50. The van der Waals surface area contributed by atoms with Crippen LogP contribution in [0, 0.1) is 0 Å². The lowest BCUT2D eigenvalue weighted by Gasteiger charge is -2.05. The van der Waals surface area contributed by atoms with E-state index in [1.807, 2.05) is 30.5 Å². The molecule has 0 saturated carbocycles. The van der Waals surface area contributed by atoms with Gasteiger partial charge in [-0.1, -0.05) is 30.0 Å². The van der Waals surface area contributed by atoms with Crippen molar-refractivity contribution in [3.8, 4) is 11.5 Å². The third-order valence-corrected chi connectivity index (χ3v) is 4.59. The fourth-order valence-electron chi connectivity index (χ4n) is 2.57. The lowest BCUT2D eigenvalue weighted by atomic mass is 10.2. The van der Waals surface area contributed by atoms with E-state index in [-0.39, 0.29) is 0 Å². The second kappa shape index (κ2) is 5.54. The minimum Gasteiger partial charge on any atom is -0.411 e. The smallest absolute Gasteiger partial charge is 0.276 e. The lowest BCUT2D eigenvalue weighted by molar-refractivity contribution is 0.128. The SMILES string of the molecule is c1ccc2c(-c3nnc(SCC4CCCO4)o3)c[nH]c2c1. The van der Waals surface area contributed by atoms with Gasteiger partial charge in [0.25, 0.3) is 11.1 Å². The summed E-state index contributed by atoms with van der Waals surface area (Å²) in [5, 5.41) is 9.97. The van der Waals surface area contributed by atoms with Gasteiger partial charge in [-0.25, -0.2) is 0 Å². The maximum Gasteiger partial charge on any atom is 0.276 e. The Hall–Kier alpha value is -1.79. The van der Waals surface area contributed by atoms with E-state index in [2.05, 4.69) is 15.2 Å². The molecule has 1 atom stereocenters. The van der Waals surface area contributed by atoms with E-state index in [0.717, 1.165) is 41.7 Å². The normalized spacial score (nSPS) is 18.6. The summed E-state index contributed by atoms with van der Waals surface area (Å²) in [7, 11) is 0. The van der Waals surface area contributed by atoms with E-state index < -0.39 is 0 Å². The quantitative estimate of drug-likeness (QED) is 0.747. The molecular formula is C15H15N3O2S. The van der Waals surface area contributed by atoms with E-state index in [4.69, 9.17) is 9.15 Å². The van der Waals surface area contributed by atoms with Crippen molar-refractivity contribution in [1.29, 1.82) is 0 Å². The van der Waals surface area contributed by atoms with Crippen LogP contribution in [0.2, 0.25) is 0 Å². The van der Waals surface area contributed by atoms with Crippen molar-refractivity contribution in [3.63, 3.8) is 0 Å². The molecular weight excluding hydrogens is 286 g/mol. The average molecular weight is 301 g/mol. The van der Waals surface area contributed by atoms with Crippen LogP contribution in [0.1, 0.15) is 12.8 Å². The van der Waals surface area contributed by atoms with Crippen molar-refractivity contribution < 1.29 is 9.15 Å². The zero-order valence-electron chi connectivity index (χ0n) is 11.4. The van der Waals surface area contributed by atoms with Crippen LogP contribution in [-0.4, -0.2) is 33.6 Å². The summed E-state index contributed by atoms with van der Waals surface area (Å²) in [6, 6.07) is 8.08. The zero-order valence-corrected chi connectivity index (χ0v) is 12.2. The van der Waals surface area contributed by atoms with Gasteiger partial charge in [-0.2, -0.15) is 0 Å². The molecule has 0 spiro atoms. The lowest BCUT2D eigenvalue weighted by Crippen LogP contribution is -2.07. The summed E-state index contributed by atoms with van der Waals surface area (Å²) < 4.78 is 11.4. The monoisotopic (exact) mass is 301 g/mol. The van der Waals surface area contributed by atoms with Gasteiger partial charge in [0.1, 0.15) is 0 Å². The molecule has 1 unspecified atom stereocenters. The highest BCUT2D eigenvalue weighted by Crippen LogP contribution is 2.30. The summed E-state index contributed by atoms with van der Waals surface area (Å²) in [5.41, 5.74) is 2.02. The second-order valence-electron chi connectivity index (χ2n) is 5.07. The number of H-pyrrole nitrogens is 1. The molecule has 0 bridgehead atoms. The Morgan fingerprint density at radius 1 is 1.29 bits per heavy atom. The third kappa shape index (κ3) is 2.56. The van der Waals surface area contributed by atoms with E-state index in [9.17, 15) is 0 Å². The first-order chi connectivity index (χ1) is 10.4. The van der Waals surface area contributed by atoms with Crippen LogP contribution in [0.15, 0.2) is 40.1 Å². The minimum absolute atomic E-state index is 0.318. The molecule has 21 heavy (non-hydrogen) atoms. The molecule has 1 aliphatic rings. The minimum atomic E-state index is 0.318. The van der Waals surface area contributed by atoms with Gasteiger partial charge in [0.15, 0.2) is 0 Å². The number of nitrogens with zero attached hydrogens (tertiary/aromatic N) is 2. The fourth-order valence-corrected chi connectivity index (χ4v) is 3.39. The molecule has 3 aromatic rings. The molecule has 0 amide bonds. The van der Waals surface area contributed by atoms with Gasteiger partial charge in [0.2, 0.25) is 0 Å². The van der Waals surface area contributed by atoms with Crippen LogP contribution in [0.3, 0.4) is 0 Å². The van der Waals surface area contributed by atoms with Crippen LogP contribution >= 0.6 is 11.8 Å². The Morgan fingerprint density at radius 2 is 2.24 bits per heavy atom. The standard InChI is InChI=1S/C15H15N3O2S/c1-2-6-13-11(5-1)12(8-16-13)14-17-18-15(20-14)21-9-10-4-3-7-19-10/h1-2,5-6,8,10,16H,3-4,7,9H2. The van der Waals surface area contributed by atoms with Gasteiger partial charge < -0.3 is 14.1 Å². The number of hydrogen-bond acceptors (Lipinski definition) is 5. The zero-order chi connectivity index (χ0) is 14.1. The van der Waals surface area contributed by atoms with Crippen molar-refractivity contribution >= 4 is 22.7 Å². The third-order valence-electron chi connectivity index (χ3n) is 3.64. The Morgan fingerprint density at radius 3 is 3.14 bits per heavy atom. The number of benzene rings is 1. The molecule has 1 aromatic carbocycles. The highest BCUT2D eigenvalue weighted by atomic mass is 32.2. The van der Waals surface area contributed by atoms with E-state index >= 15 is 0 Å². The number of thioether (sulfide) groups is 1. The number of rotatable bonds is 4. The Kier molecular flexibility index (Phi) is 3.40. The molecule has 0 aliphatic carbocycles. The predicted octanol–water partition coefficient (Wildman–Crippen LogP) is 3.49. The largest absolute Gasteiger partial charge is 0.411 e. The van der Waals surface area contributed by atoms with Gasteiger partial charge >= 0.3 is 0 Å². The molecule has 5 nitrogen and oxygen atoms in total. The molecule has 1 N–H and O–H groups in total. The highest BCUT2D eigenvalue weighted by Gasteiger charge is 2.18. The number of aromatic amines is 1. The molecule has 4 rings (SSSR count). The predicted molar refractivity (Wildman–Crippen MR) is 81.3 cm³/mol. The molecule has 2 aromatic heterocycles. The fraction of sp³-hybridized carbons (Fsp3) is 0.333. The molecule has 108 valence electrons. The Labute approximate surface area is 126 Å². The molecule has 1 fully saturated rings. The number of para-hydroxylation sites is 1. The van der Waals surface area contributed by atoms with Gasteiger partial charge in [0, 0.05) is 29.5 Å². The molecule has 1 saturated heterocycles. The van der Waals surface area contributed by atoms with E-state index in [1.165, 1.54) is 0 Å². The average Bonchev–Trinajstić information content (AvgIpc) is 3.25. The maximum absolute atomic E-state index is 5.76.